The molecule has 0 aromatic heterocycles. The van der Waals surface area contributed by atoms with E-state index in [-0.39, 0.29) is 4.99 Å². The van der Waals surface area contributed by atoms with Crippen LogP contribution in [-0.4, -0.2) is 16.4 Å². The van der Waals surface area contributed by atoms with Crippen LogP contribution in [0.4, 0.5) is 13.2 Å². The zero-order valence-electron chi connectivity index (χ0n) is 11.1. The molecule has 0 spiro atoms. The number of nitrogens with one attached hydrogen (secondary N) is 1. The second-order valence-electron chi connectivity index (χ2n) is 4.33. The topological polar surface area (TPSA) is 55.1 Å². The van der Waals surface area contributed by atoms with Gasteiger partial charge in [0.15, 0.2) is 17.5 Å². The summed E-state index contributed by atoms with van der Waals surface area (Å²) in [6.07, 6.45) is 0.797. The van der Waals surface area contributed by atoms with Crippen molar-refractivity contribution in [3.05, 3.63) is 35.1 Å². The molecule has 0 radical (unpaired) electrons. The first-order valence-corrected chi connectivity index (χ1v) is 6.45. The fourth-order valence-corrected chi connectivity index (χ4v) is 2.16. The monoisotopic (exact) mass is 304 g/mol. The van der Waals surface area contributed by atoms with Gasteiger partial charge in [0.25, 0.3) is 5.91 Å². The predicted octanol–water partition coefficient (Wildman–Crippen LogP) is 2.68. The second-order valence-corrected chi connectivity index (χ2v) is 4.77. The second kappa shape index (κ2) is 6.21. The van der Waals surface area contributed by atoms with Crippen LogP contribution in [0.3, 0.4) is 0 Å². The van der Waals surface area contributed by atoms with Crippen molar-refractivity contribution in [3.8, 4) is 0 Å². The lowest BCUT2D eigenvalue weighted by Gasteiger charge is -2.31. The van der Waals surface area contributed by atoms with E-state index in [9.17, 15) is 18.0 Å². The maximum absolute atomic E-state index is 13.6. The van der Waals surface area contributed by atoms with Crippen LogP contribution in [0.5, 0.6) is 0 Å². The molecule has 1 aromatic carbocycles. The zero-order valence-corrected chi connectivity index (χ0v) is 11.9. The minimum atomic E-state index is -1.69. The van der Waals surface area contributed by atoms with Gasteiger partial charge in [0.1, 0.15) is 0 Å². The van der Waals surface area contributed by atoms with Crippen LogP contribution in [0, 0.1) is 17.5 Å². The van der Waals surface area contributed by atoms with Gasteiger partial charge in [-0.25, -0.2) is 13.2 Å². The average Bonchev–Trinajstić information content (AvgIpc) is 2.41. The standard InChI is InChI=1S/C13H15F3N2OS/c1-3-13(4-2,12(17)20)18-11(19)7-5-6-8(14)10(16)9(7)15/h5-6H,3-4H2,1-2H3,(H2,17,20)(H,18,19). The quantitative estimate of drug-likeness (QED) is 0.649. The molecule has 0 atom stereocenters. The molecule has 0 unspecified atom stereocenters. The third kappa shape index (κ3) is 2.92. The van der Waals surface area contributed by atoms with Crippen LogP contribution >= 0.6 is 12.2 Å². The molecule has 1 amide bonds. The smallest absolute Gasteiger partial charge is 0.255 e. The summed E-state index contributed by atoms with van der Waals surface area (Å²) in [5, 5.41) is 2.50. The normalized spacial score (nSPS) is 11.2. The van der Waals surface area contributed by atoms with Crippen LogP contribution < -0.4 is 11.1 Å². The highest BCUT2D eigenvalue weighted by atomic mass is 32.1. The van der Waals surface area contributed by atoms with E-state index in [1.54, 1.807) is 13.8 Å². The van der Waals surface area contributed by atoms with Crippen LogP contribution in [0.1, 0.15) is 37.0 Å². The molecular formula is C13H15F3N2OS. The molecule has 0 bridgehead atoms. The van der Waals surface area contributed by atoms with Gasteiger partial charge in [-0.1, -0.05) is 26.1 Å². The van der Waals surface area contributed by atoms with E-state index >= 15 is 0 Å². The Bertz CT molecular complexity index is 545. The number of carbonyl (C=O) groups excluding carboxylic acids is 1. The van der Waals surface area contributed by atoms with Crippen molar-refractivity contribution >= 4 is 23.1 Å². The van der Waals surface area contributed by atoms with E-state index in [4.69, 9.17) is 18.0 Å². The van der Waals surface area contributed by atoms with Crippen molar-refractivity contribution in [1.29, 1.82) is 0 Å². The molecule has 0 saturated heterocycles. The lowest BCUT2D eigenvalue weighted by molar-refractivity contribution is 0.0914. The Balaban J connectivity index is 3.14. The molecule has 0 aliphatic carbocycles. The van der Waals surface area contributed by atoms with E-state index in [1.165, 1.54) is 0 Å². The average molecular weight is 304 g/mol. The number of benzene rings is 1. The Morgan fingerprint density at radius 1 is 1.25 bits per heavy atom. The fourth-order valence-electron chi connectivity index (χ4n) is 1.82. The first-order valence-electron chi connectivity index (χ1n) is 6.05. The maximum atomic E-state index is 13.6. The molecule has 7 heteroatoms. The maximum Gasteiger partial charge on any atom is 0.255 e. The van der Waals surface area contributed by atoms with Gasteiger partial charge in [-0.15, -0.1) is 0 Å². The molecule has 3 N–H and O–H groups in total. The minimum absolute atomic E-state index is 0.0545. The third-order valence-electron chi connectivity index (χ3n) is 3.31. The number of thiocarbonyl (C=S) groups is 1. The lowest BCUT2D eigenvalue weighted by Crippen LogP contribution is -2.56. The van der Waals surface area contributed by atoms with Crippen LogP contribution in [0.15, 0.2) is 12.1 Å². The molecule has 1 aromatic rings. The summed E-state index contributed by atoms with van der Waals surface area (Å²) < 4.78 is 39.5. The number of nitrogens with two attached hydrogens (primary N) is 1. The van der Waals surface area contributed by atoms with Crippen molar-refractivity contribution in [3.63, 3.8) is 0 Å². The van der Waals surface area contributed by atoms with E-state index in [0.717, 1.165) is 6.07 Å². The molecule has 0 heterocycles. The van der Waals surface area contributed by atoms with Crippen molar-refractivity contribution in [2.45, 2.75) is 32.2 Å². The largest absolute Gasteiger partial charge is 0.391 e. The van der Waals surface area contributed by atoms with Crippen molar-refractivity contribution in [2.75, 3.05) is 0 Å². The Morgan fingerprint density at radius 2 is 1.80 bits per heavy atom. The molecule has 110 valence electrons. The van der Waals surface area contributed by atoms with Gasteiger partial charge in [0, 0.05) is 0 Å². The van der Waals surface area contributed by atoms with Gasteiger partial charge in [-0.3, -0.25) is 4.79 Å². The van der Waals surface area contributed by atoms with E-state index < -0.39 is 34.5 Å². The molecule has 0 fully saturated rings. The fraction of sp³-hybridized carbons (Fsp3) is 0.385. The van der Waals surface area contributed by atoms with Gasteiger partial charge >= 0.3 is 0 Å². The van der Waals surface area contributed by atoms with Crippen LogP contribution in [0.25, 0.3) is 0 Å². The Morgan fingerprint density at radius 3 is 2.25 bits per heavy atom. The van der Waals surface area contributed by atoms with Gasteiger partial charge in [0.2, 0.25) is 0 Å². The molecule has 20 heavy (non-hydrogen) atoms. The highest BCUT2D eigenvalue weighted by molar-refractivity contribution is 7.80. The first-order chi connectivity index (χ1) is 9.29. The minimum Gasteiger partial charge on any atom is -0.391 e. The van der Waals surface area contributed by atoms with Crippen molar-refractivity contribution < 1.29 is 18.0 Å². The lowest BCUT2D eigenvalue weighted by atomic mass is 9.92. The van der Waals surface area contributed by atoms with E-state index in [0.29, 0.717) is 18.9 Å². The van der Waals surface area contributed by atoms with Crippen molar-refractivity contribution in [2.24, 2.45) is 5.73 Å². The molecule has 0 aliphatic rings. The summed E-state index contributed by atoms with van der Waals surface area (Å²) in [6.45, 7) is 3.51. The molecular weight excluding hydrogens is 289 g/mol. The number of rotatable bonds is 5. The number of amides is 1. The highest BCUT2D eigenvalue weighted by Gasteiger charge is 2.33. The summed E-state index contributed by atoms with van der Waals surface area (Å²) in [6, 6.07) is 1.56. The predicted molar refractivity (Wildman–Crippen MR) is 73.9 cm³/mol. The Labute approximate surface area is 120 Å². The molecule has 1 rings (SSSR count). The Kier molecular flexibility index (Phi) is 5.10. The first kappa shape index (κ1) is 16.4. The number of carbonyl (C=O) groups is 1. The summed E-state index contributed by atoms with van der Waals surface area (Å²) in [4.78, 5) is 12.1. The van der Waals surface area contributed by atoms with Crippen LogP contribution in [-0.2, 0) is 0 Å². The van der Waals surface area contributed by atoms with Crippen LogP contribution in [0.2, 0.25) is 0 Å². The number of hydrogen-bond acceptors (Lipinski definition) is 2. The number of hydrogen-bond donors (Lipinski definition) is 2. The van der Waals surface area contributed by atoms with Gasteiger partial charge < -0.3 is 11.1 Å². The summed E-state index contributed by atoms with van der Waals surface area (Å²) in [5.41, 5.74) is 4.03. The SMILES string of the molecule is CCC(CC)(NC(=O)c1ccc(F)c(F)c1F)C(N)=S. The zero-order chi connectivity index (χ0) is 15.5. The summed E-state index contributed by atoms with van der Waals surface area (Å²) in [5.74, 6) is -5.47. The van der Waals surface area contributed by atoms with E-state index in [2.05, 4.69) is 5.32 Å². The van der Waals surface area contributed by atoms with E-state index in [1.807, 2.05) is 0 Å². The van der Waals surface area contributed by atoms with Crippen molar-refractivity contribution in [1.82, 2.24) is 5.32 Å². The third-order valence-corrected chi connectivity index (χ3v) is 3.70. The summed E-state index contributed by atoms with van der Waals surface area (Å²) >= 11 is 4.91. The molecule has 3 nitrogen and oxygen atoms in total. The van der Waals surface area contributed by atoms with Gasteiger partial charge in [0.05, 0.1) is 16.1 Å². The molecule has 0 aliphatic heterocycles. The summed E-state index contributed by atoms with van der Waals surface area (Å²) in [7, 11) is 0. The number of halogens is 3. The highest BCUT2D eigenvalue weighted by Crippen LogP contribution is 2.19. The van der Waals surface area contributed by atoms with Gasteiger partial charge in [-0.2, -0.15) is 0 Å². The Hall–Kier alpha value is -1.63. The molecule has 0 saturated carbocycles. The van der Waals surface area contributed by atoms with Gasteiger partial charge in [-0.05, 0) is 25.0 Å².